The molecule has 1 aromatic heterocycles. The minimum absolute atomic E-state index is 0.0714. The van der Waals surface area contributed by atoms with E-state index in [1.807, 2.05) is 12.1 Å². The van der Waals surface area contributed by atoms with Crippen LogP contribution in [0.2, 0.25) is 0 Å². The monoisotopic (exact) mass is 500 g/mol. The Balaban J connectivity index is 1.31. The zero-order valence-electron chi connectivity index (χ0n) is 20.9. The number of rotatable bonds is 6. The van der Waals surface area contributed by atoms with Crippen LogP contribution in [-0.4, -0.2) is 48.0 Å². The molecular weight excluding hydrogens is 469 g/mol. The van der Waals surface area contributed by atoms with Gasteiger partial charge < -0.3 is 15.5 Å². The molecule has 0 saturated heterocycles. The number of halogens is 3. The molecule has 36 heavy (non-hydrogen) atoms. The number of nitrogens with zero attached hydrogens (tertiary/aromatic N) is 2. The molecule has 6 nitrogen and oxygen atoms in total. The lowest BCUT2D eigenvalue weighted by Crippen LogP contribution is -2.72. The summed E-state index contributed by atoms with van der Waals surface area (Å²) in [6.07, 6.45) is -1.58. The molecular formula is C27H31F3N4O2. The Bertz CT molecular complexity index is 1190. The van der Waals surface area contributed by atoms with Gasteiger partial charge in [0.25, 0.3) is 0 Å². The molecule has 192 valence electrons. The first-order valence-corrected chi connectivity index (χ1v) is 12.2. The molecule has 2 aromatic rings. The van der Waals surface area contributed by atoms with E-state index in [9.17, 15) is 22.8 Å². The van der Waals surface area contributed by atoms with Crippen molar-refractivity contribution in [2.24, 2.45) is 10.8 Å². The summed E-state index contributed by atoms with van der Waals surface area (Å²) in [7, 11) is 2.71. The largest absolute Gasteiger partial charge is 0.414 e. The molecule has 2 atom stereocenters. The molecule has 9 heteroatoms. The van der Waals surface area contributed by atoms with Crippen molar-refractivity contribution in [1.82, 2.24) is 15.2 Å². The van der Waals surface area contributed by atoms with Gasteiger partial charge in [-0.25, -0.2) is 0 Å². The maximum Gasteiger partial charge on any atom is 0.414 e. The second kappa shape index (κ2) is 7.95. The van der Waals surface area contributed by atoms with Crippen molar-refractivity contribution in [3.8, 4) is 0 Å². The molecule has 0 spiro atoms. The molecule has 4 aliphatic carbocycles. The average molecular weight is 501 g/mol. The van der Waals surface area contributed by atoms with E-state index in [1.165, 1.54) is 37.5 Å². The number of benzene rings is 1. The zero-order valence-corrected chi connectivity index (χ0v) is 20.9. The van der Waals surface area contributed by atoms with Gasteiger partial charge in [-0.05, 0) is 48.9 Å². The van der Waals surface area contributed by atoms with Gasteiger partial charge in [0, 0.05) is 25.6 Å². The van der Waals surface area contributed by atoms with Crippen molar-refractivity contribution in [2.75, 3.05) is 19.4 Å². The van der Waals surface area contributed by atoms with E-state index >= 15 is 0 Å². The second-order valence-corrected chi connectivity index (χ2v) is 11.3. The van der Waals surface area contributed by atoms with Gasteiger partial charge in [0.15, 0.2) is 6.04 Å². The van der Waals surface area contributed by atoms with E-state index in [2.05, 4.69) is 41.6 Å². The van der Waals surface area contributed by atoms with Crippen LogP contribution in [0.5, 0.6) is 0 Å². The smallest absolute Gasteiger partial charge is 0.380 e. The molecule has 1 unspecified atom stereocenters. The van der Waals surface area contributed by atoms with E-state index in [-0.39, 0.29) is 23.1 Å². The van der Waals surface area contributed by atoms with Crippen LogP contribution in [-0.2, 0) is 21.4 Å². The summed E-state index contributed by atoms with van der Waals surface area (Å²) in [5, 5.41) is 6.03. The molecule has 0 aliphatic heterocycles. The quantitative estimate of drug-likeness (QED) is 0.618. The van der Waals surface area contributed by atoms with Gasteiger partial charge in [-0.15, -0.1) is 0 Å². The lowest BCUT2D eigenvalue weighted by molar-refractivity contribution is -0.229. The van der Waals surface area contributed by atoms with Gasteiger partial charge in [0.2, 0.25) is 11.8 Å². The molecule has 0 radical (unpaired) electrons. The standard InChI is InChI=1S/C27H31F3N4O2/c1-24(2)18-8-6-5-7-16(18)11-20(24)33-17-9-10-19(32-12-17)21(27(28,29)30)34(4)23(36)26-13-25(14-26,15-26)22(35)31-3/h5-10,12,20-21,33H,11,13-15H2,1-4H3,(H,31,35)/t20-,21?,25?,26?/m1/s1. The highest BCUT2D eigenvalue weighted by Gasteiger charge is 2.75. The Hall–Kier alpha value is -3.10. The van der Waals surface area contributed by atoms with Gasteiger partial charge in [-0.1, -0.05) is 38.1 Å². The van der Waals surface area contributed by atoms with Crippen molar-refractivity contribution in [3.63, 3.8) is 0 Å². The fourth-order valence-electron chi connectivity index (χ4n) is 6.67. The maximum atomic E-state index is 14.2. The summed E-state index contributed by atoms with van der Waals surface area (Å²) in [5.74, 6) is -0.726. The molecule has 1 heterocycles. The average Bonchev–Trinajstić information content (AvgIpc) is 3.02. The van der Waals surface area contributed by atoms with Crippen LogP contribution in [0.4, 0.5) is 18.9 Å². The van der Waals surface area contributed by atoms with Crippen molar-refractivity contribution in [2.45, 2.75) is 63.2 Å². The third-order valence-electron chi connectivity index (χ3n) is 8.62. The summed E-state index contributed by atoms with van der Waals surface area (Å²) in [6.45, 7) is 4.30. The molecule has 3 saturated carbocycles. The summed E-state index contributed by atoms with van der Waals surface area (Å²) in [6, 6.07) is 9.09. The van der Waals surface area contributed by atoms with Gasteiger partial charge in [-0.2, -0.15) is 13.2 Å². The van der Waals surface area contributed by atoms with Gasteiger partial charge in [0.1, 0.15) is 0 Å². The zero-order chi connectivity index (χ0) is 26.1. The Morgan fingerprint density at radius 1 is 1.08 bits per heavy atom. The number of hydrogen-bond acceptors (Lipinski definition) is 4. The Kier molecular flexibility index (Phi) is 5.43. The molecule has 3 fully saturated rings. The summed E-state index contributed by atoms with van der Waals surface area (Å²) in [5.41, 5.74) is 1.29. The third kappa shape index (κ3) is 3.58. The minimum atomic E-state index is -4.69. The fraction of sp³-hybridized carbons (Fsp3) is 0.519. The highest BCUT2D eigenvalue weighted by Crippen LogP contribution is 2.74. The SMILES string of the molecule is CNC(=O)C12CC(C(=O)N(C)C(c3ccc(N[C@@H]4Cc5ccccc5C4(C)C)cn3)C(F)(F)F)(C1)C2. The molecule has 2 N–H and O–H groups in total. The van der Waals surface area contributed by atoms with E-state index in [4.69, 9.17) is 0 Å². The first-order valence-electron chi connectivity index (χ1n) is 12.2. The molecule has 2 amide bonds. The lowest BCUT2D eigenvalue weighted by Gasteiger charge is -2.68. The van der Waals surface area contributed by atoms with Crippen LogP contribution < -0.4 is 10.6 Å². The first kappa shape index (κ1) is 24.6. The van der Waals surface area contributed by atoms with Crippen LogP contribution in [0.25, 0.3) is 0 Å². The summed E-state index contributed by atoms with van der Waals surface area (Å²) < 4.78 is 42.5. The van der Waals surface area contributed by atoms with Gasteiger partial charge in [0.05, 0.1) is 28.4 Å². The minimum Gasteiger partial charge on any atom is -0.380 e. The van der Waals surface area contributed by atoms with Crippen LogP contribution in [0.1, 0.15) is 56.0 Å². The topological polar surface area (TPSA) is 74.3 Å². The summed E-state index contributed by atoms with van der Waals surface area (Å²) in [4.78, 5) is 30.1. The third-order valence-corrected chi connectivity index (χ3v) is 8.62. The number of aromatic nitrogens is 1. The number of pyridine rings is 1. The Labute approximate surface area is 208 Å². The number of hydrogen-bond donors (Lipinski definition) is 2. The van der Waals surface area contributed by atoms with E-state index in [1.54, 1.807) is 6.07 Å². The normalized spacial score (nSPS) is 28.2. The van der Waals surface area contributed by atoms with Crippen molar-refractivity contribution in [1.29, 1.82) is 0 Å². The second-order valence-electron chi connectivity index (χ2n) is 11.3. The predicted octanol–water partition coefficient (Wildman–Crippen LogP) is 4.37. The number of carbonyl (C=O) groups excluding carboxylic acids is 2. The van der Waals surface area contributed by atoms with Crippen LogP contribution >= 0.6 is 0 Å². The molecule has 1 aromatic carbocycles. The Morgan fingerprint density at radius 3 is 2.31 bits per heavy atom. The molecule has 6 rings (SSSR count). The van der Waals surface area contributed by atoms with Crippen LogP contribution in [0.3, 0.4) is 0 Å². The first-order chi connectivity index (χ1) is 16.8. The number of amides is 2. The highest BCUT2D eigenvalue weighted by molar-refractivity contribution is 5.95. The number of anilines is 1. The van der Waals surface area contributed by atoms with Gasteiger partial charge in [-0.3, -0.25) is 14.6 Å². The van der Waals surface area contributed by atoms with Crippen molar-refractivity contribution >= 4 is 17.5 Å². The van der Waals surface area contributed by atoms with E-state index in [0.717, 1.165) is 11.3 Å². The number of nitrogens with one attached hydrogen (secondary N) is 2. The predicted molar refractivity (Wildman–Crippen MR) is 129 cm³/mol. The maximum absolute atomic E-state index is 14.2. The molecule has 2 bridgehead atoms. The van der Waals surface area contributed by atoms with Crippen LogP contribution in [0, 0.1) is 10.8 Å². The highest BCUT2D eigenvalue weighted by atomic mass is 19.4. The number of carbonyl (C=O) groups is 2. The van der Waals surface area contributed by atoms with E-state index < -0.39 is 29.0 Å². The Morgan fingerprint density at radius 2 is 1.75 bits per heavy atom. The van der Waals surface area contributed by atoms with Crippen LogP contribution in [0.15, 0.2) is 42.6 Å². The van der Waals surface area contributed by atoms with Crippen molar-refractivity contribution in [3.05, 3.63) is 59.4 Å². The van der Waals surface area contributed by atoms with Crippen molar-refractivity contribution < 1.29 is 22.8 Å². The summed E-state index contributed by atoms with van der Waals surface area (Å²) >= 11 is 0. The number of fused-ring (bicyclic) bond motifs is 1. The fourth-order valence-corrected chi connectivity index (χ4v) is 6.67. The number of alkyl halides is 3. The van der Waals surface area contributed by atoms with Gasteiger partial charge >= 0.3 is 6.18 Å². The van der Waals surface area contributed by atoms with E-state index in [0.29, 0.717) is 24.9 Å². The lowest BCUT2D eigenvalue weighted by atomic mass is 9.34. The molecule has 4 aliphatic rings.